The molecule has 0 atom stereocenters. The quantitative estimate of drug-likeness (QED) is 0.533. The van der Waals surface area contributed by atoms with Crippen LogP contribution in [0, 0.1) is 5.92 Å². The number of thiol groups is 1. The molecule has 1 heterocycles. The monoisotopic (exact) mass is 301 g/mol. The van der Waals surface area contributed by atoms with E-state index in [4.69, 9.17) is 4.18 Å². The van der Waals surface area contributed by atoms with Gasteiger partial charge in [0.2, 0.25) is 0 Å². The van der Waals surface area contributed by atoms with Gasteiger partial charge in [-0.1, -0.05) is 24.3 Å². The smallest absolute Gasteiger partial charge is 0.144 e. The summed E-state index contributed by atoms with van der Waals surface area (Å²) >= 11 is 3.90. The van der Waals surface area contributed by atoms with Crippen LogP contribution in [0.4, 0.5) is 0 Å². The van der Waals surface area contributed by atoms with E-state index in [-0.39, 0.29) is 5.92 Å². The largest absolute Gasteiger partial charge is 0.428 e. The highest BCUT2D eigenvalue weighted by molar-refractivity contribution is 7.75. The van der Waals surface area contributed by atoms with Crippen LogP contribution in [0.1, 0.15) is 18.4 Å². The fourth-order valence-electron chi connectivity index (χ4n) is 2.99. The minimum atomic E-state index is 0.257. The molecule has 0 spiro atoms. The van der Waals surface area contributed by atoms with E-state index < -0.39 is 0 Å². The molecular formula is C17H19NO2S. The summed E-state index contributed by atoms with van der Waals surface area (Å²) in [5.41, 5.74) is 1.29. The van der Waals surface area contributed by atoms with E-state index >= 15 is 0 Å². The first-order chi connectivity index (χ1) is 10.3. The molecule has 0 aliphatic carbocycles. The van der Waals surface area contributed by atoms with Gasteiger partial charge in [-0.3, -0.25) is 4.90 Å². The lowest BCUT2D eigenvalue weighted by atomic mass is 9.98. The summed E-state index contributed by atoms with van der Waals surface area (Å²) in [6.07, 6.45) is 3.07. The second-order valence-corrected chi connectivity index (χ2v) is 5.84. The summed E-state index contributed by atoms with van der Waals surface area (Å²) in [5.74, 6) is 1.04. The first-order valence-corrected chi connectivity index (χ1v) is 7.67. The SMILES string of the molecule is O=CC1CCN(Cc2ccc3c(OS)cccc3c2)CC1. The molecule has 2 aromatic rings. The minimum absolute atomic E-state index is 0.257. The molecule has 4 heteroatoms. The number of carbonyl (C=O) groups excluding carboxylic acids is 1. The van der Waals surface area contributed by atoms with Crippen molar-refractivity contribution in [3.63, 3.8) is 0 Å². The van der Waals surface area contributed by atoms with Gasteiger partial charge in [-0.25, -0.2) is 0 Å². The van der Waals surface area contributed by atoms with E-state index in [0.717, 1.165) is 49.9 Å². The van der Waals surface area contributed by atoms with E-state index in [1.54, 1.807) is 0 Å². The van der Waals surface area contributed by atoms with Crippen molar-refractivity contribution >= 4 is 30.0 Å². The molecule has 1 saturated heterocycles. The van der Waals surface area contributed by atoms with Gasteiger partial charge in [0.05, 0.1) is 0 Å². The van der Waals surface area contributed by atoms with Crippen LogP contribution < -0.4 is 4.18 Å². The van der Waals surface area contributed by atoms with Crippen LogP contribution in [-0.4, -0.2) is 24.3 Å². The van der Waals surface area contributed by atoms with Crippen molar-refractivity contribution in [1.82, 2.24) is 4.90 Å². The first kappa shape index (κ1) is 14.4. The predicted molar refractivity (Wildman–Crippen MR) is 87.6 cm³/mol. The topological polar surface area (TPSA) is 29.5 Å². The van der Waals surface area contributed by atoms with Crippen molar-refractivity contribution in [2.24, 2.45) is 5.92 Å². The highest BCUT2D eigenvalue weighted by Crippen LogP contribution is 2.27. The molecule has 3 rings (SSSR count). The molecule has 0 amide bonds. The number of carbonyl (C=O) groups is 1. The van der Waals surface area contributed by atoms with Crippen LogP contribution in [0.15, 0.2) is 36.4 Å². The third-order valence-corrected chi connectivity index (χ3v) is 4.43. The van der Waals surface area contributed by atoms with E-state index in [9.17, 15) is 4.79 Å². The standard InChI is InChI=1S/C17H19NO2S/c19-12-13-6-8-18(9-7-13)11-14-4-5-16-15(10-14)2-1-3-17(16)20-21/h1-5,10,12-13,21H,6-9,11H2. The normalized spacial score (nSPS) is 17.0. The van der Waals surface area contributed by atoms with Crippen molar-refractivity contribution in [3.8, 4) is 5.75 Å². The summed E-state index contributed by atoms with van der Waals surface area (Å²) in [5, 5.41) is 2.25. The van der Waals surface area contributed by atoms with Crippen molar-refractivity contribution in [2.45, 2.75) is 19.4 Å². The van der Waals surface area contributed by atoms with Gasteiger partial charge in [-0.2, -0.15) is 0 Å². The van der Waals surface area contributed by atoms with Crippen molar-refractivity contribution in [2.75, 3.05) is 13.1 Å². The highest BCUT2D eigenvalue weighted by Gasteiger charge is 2.18. The number of fused-ring (bicyclic) bond motifs is 1. The van der Waals surface area contributed by atoms with Gasteiger partial charge in [0.1, 0.15) is 12.0 Å². The van der Waals surface area contributed by atoms with Gasteiger partial charge < -0.3 is 8.98 Å². The molecule has 110 valence electrons. The molecule has 0 radical (unpaired) electrons. The summed E-state index contributed by atoms with van der Waals surface area (Å²) in [7, 11) is 0. The Hall–Kier alpha value is -1.52. The Morgan fingerprint density at radius 1 is 1.24 bits per heavy atom. The van der Waals surface area contributed by atoms with Crippen molar-refractivity contribution in [3.05, 3.63) is 42.0 Å². The van der Waals surface area contributed by atoms with Gasteiger partial charge in [0, 0.05) is 30.8 Å². The molecule has 3 nitrogen and oxygen atoms in total. The van der Waals surface area contributed by atoms with Crippen LogP contribution in [0.25, 0.3) is 10.8 Å². The summed E-state index contributed by atoms with van der Waals surface area (Å²) in [6.45, 7) is 2.94. The lowest BCUT2D eigenvalue weighted by molar-refractivity contribution is -0.112. The zero-order chi connectivity index (χ0) is 14.7. The first-order valence-electron chi connectivity index (χ1n) is 7.31. The molecular weight excluding hydrogens is 282 g/mol. The maximum Gasteiger partial charge on any atom is 0.144 e. The molecule has 1 aliphatic heterocycles. The van der Waals surface area contributed by atoms with Gasteiger partial charge in [0.25, 0.3) is 0 Å². The summed E-state index contributed by atoms with van der Waals surface area (Å²) in [6, 6.07) is 12.4. The van der Waals surface area contributed by atoms with Crippen molar-refractivity contribution in [1.29, 1.82) is 0 Å². The Labute approximate surface area is 130 Å². The number of piperidine rings is 1. The fraction of sp³-hybridized carbons (Fsp3) is 0.353. The maximum atomic E-state index is 10.8. The second-order valence-electron chi connectivity index (χ2n) is 5.65. The molecule has 0 aromatic heterocycles. The Bertz CT molecular complexity index is 636. The minimum Gasteiger partial charge on any atom is -0.428 e. The predicted octanol–water partition coefficient (Wildman–Crippen LogP) is 3.47. The number of rotatable bonds is 4. The van der Waals surface area contributed by atoms with Gasteiger partial charge in [-0.05, 0) is 49.0 Å². The molecule has 1 fully saturated rings. The molecule has 0 unspecified atom stereocenters. The number of likely N-dealkylation sites (tertiary alicyclic amines) is 1. The molecule has 0 N–H and O–H groups in total. The van der Waals surface area contributed by atoms with Crippen LogP contribution in [0.5, 0.6) is 5.75 Å². The highest BCUT2D eigenvalue weighted by atomic mass is 32.1. The third kappa shape index (κ3) is 3.22. The van der Waals surface area contributed by atoms with E-state index in [1.807, 2.05) is 12.1 Å². The number of hydrogen-bond donors (Lipinski definition) is 1. The molecule has 21 heavy (non-hydrogen) atoms. The number of nitrogens with zero attached hydrogens (tertiary/aromatic N) is 1. The summed E-state index contributed by atoms with van der Waals surface area (Å²) in [4.78, 5) is 13.2. The van der Waals surface area contributed by atoms with Crippen LogP contribution in [0.2, 0.25) is 0 Å². The molecule has 0 bridgehead atoms. The van der Waals surface area contributed by atoms with E-state index in [1.165, 1.54) is 10.9 Å². The lowest BCUT2D eigenvalue weighted by Gasteiger charge is -2.29. The molecule has 0 saturated carbocycles. The lowest BCUT2D eigenvalue weighted by Crippen LogP contribution is -2.33. The average Bonchev–Trinajstić information content (AvgIpc) is 2.54. The number of aldehydes is 1. The Morgan fingerprint density at radius 3 is 2.76 bits per heavy atom. The van der Waals surface area contributed by atoms with Gasteiger partial charge in [0.15, 0.2) is 0 Å². The number of hydrogen-bond acceptors (Lipinski definition) is 4. The van der Waals surface area contributed by atoms with E-state index in [2.05, 4.69) is 42.1 Å². The molecule has 2 aromatic carbocycles. The Kier molecular flexibility index (Phi) is 4.46. The van der Waals surface area contributed by atoms with E-state index in [0.29, 0.717) is 0 Å². The summed E-state index contributed by atoms with van der Waals surface area (Å²) < 4.78 is 5.09. The van der Waals surface area contributed by atoms with Gasteiger partial charge >= 0.3 is 0 Å². The van der Waals surface area contributed by atoms with Crippen LogP contribution >= 0.6 is 12.9 Å². The Balaban J connectivity index is 1.75. The maximum absolute atomic E-state index is 10.8. The number of benzene rings is 2. The Morgan fingerprint density at radius 2 is 2.05 bits per heavy atom. The average molecular weight is 301 g/mol. The van der Waals surface area contributed by atoms with Crippen LogP contribution in [0.3, 0.4) is 0 Å². The third-order valence-electron chi connectivity index (χ3n) is 4.23. The second kappa shape index (κ2) is 6.50. The fourth-order valence-corrected chi connectivity index (χ4v) is 3.15. The van der Waals surface area contributed by atoms with Crippen LogP contribution in [-0.2, 0) is 11.3 Å². The zero-order valence-corrected chi connectivity index (χ0v) is 12.8. The van der Waals surface area contributed by atoms with Crippen molar-refractivity contribution < 1.29 is 8.98 Å². The zero-order valence-electron chi connectivity index (χ0n) is 11.9. The van der Waals surface area contributed by atoms with Gasteiger partial charge in [-0.15, -0.1) is 0 Å². The molecule has 1 aliphatic rings.